The van der Waals surface area contributed by atoms with E-state index in [0.29, 0.717) is 25.2 Å². The van der Waals surface area contributed by atoms with E-state index in [0.717, 1.165) is 12.0 Å². The van der Waals surface area contributed by atoms with E-state index >= 15 is 0 Å². The summed E-state index contributed by atoms with van der Waals surface area (Å²) >= 11 is 5.71. The molecule has 0 aliphatic carbocycles. The lowest BCUT2D eigenvalue weighted by molar-refractivity contribution is -0.135. The monoisotopic (exact) mass is 365 g/mol. The van der Waals surface area contributed by atoms with Gasteiger partial charge in [0, 0.05) is 13.1 Å². The van der Waals surface area contributed by atoms with E-state index in [1.54, 1.807) is 4.90 Å². The van der Waals surface area contributed by atoms with Crippen molar-refractivity contribution in [3.63, 3.8) is 0 Å². The first-order valence-corrected chi connectivity index (χ1v) is 7.99. The fourth-order valence-electron chi connectivity index (χ4n) is 2.68. The van der Waals surface area contributed by atoms with Gasteiger partial charge in [-0.3, -0.25) is 4.79 Å². The number of esters is 1. The van der Waals surface area contributed by atoms with Gasteiger partial charge in [-0.15, -0.1) is 0 Å². The normalized spacial score (nSPS) is 13.3. The molecule has 0 saturated heterocycles. The van der Waals surface area contributed by atoms with Crippen molar-refractivity contribution in [2.75, 3.05) is 13.2 Å². The molecular formula is C18H14ClF2NO3. The van der Waals surface area contributed by atoms with Crippen LogP contribution in [-0.2, 0) is 22.5 Å². The Kier molecular flexibility index (Phi) is 4.99. The van der Waals surface area contributed by atoms with Crippen molar-refractivity contribution in [1.82, 2.24) is 4.90 Å². The molecule has 0 atom stereocenters. The largest absolute Gasteiger partial charge is 0.452 e. The van der Waals surface area contributed by atoms with E-state index in [1.165, 1.54) is 5.56 Å². The molecule has 0 N–H and O–H groups in total. The summed E-state index contributed by atoms with van der Waals surface area (Å²) in [4.78, 5) is 25.8. The second-order valence-electron chi connectivity index (χ2n) is 5.66. The minimum absolute atomic E-state index is 0.275. The zero-order valence-corrected chi connectivity index (χ0v) is 13.9. The molecule has 3 rings (SSSR count). The molecule has 0 bridgehead atoms. The molecule has 130 valence electrons. The molecule has 7 heteroatoms. The van der Waals surface area contributed by atoms with Crippen molar-refractivity contribution < 1.29 is 23.1 Å². The number of ether oxygens (including phenoxy) is 1. The maximum atomic E-state index is 13.2. The molecule has 0 unspecified atom stereocenters. The maximum absolute atomic E-state index is 13.2. The molecule has 0 fully saturated rings. The van der Waals surface area contributed by atoms with E-state index < -0.39 is 24.2 Å². The van der Waals surface area contributed by atoms with Gasteiger partial charge in [0.25, 0.3) is 5.91 Å². The molecular weight excluding hydrogens is 352 g/mol. The van der Waals surface area contributed by atoms with Crippen LogP contribution >= 0.6 is 11.6 Å². The lowest BCUT2D eigenvalue weighted by Gasteiger charge is -2.28. The van der Waals surface area contributed by atoms with Crippen molar-refractivity contribution in [2.24, 2.45) is 0 Å². The van der Waals surface area contributed by atoms with Crippen LogP contribution in [0.1, 0.15) is 21.5 Å². The summed E-state index contributed by atoms with van der Waals surface area (Å²) in [7, 11) is 0. The highest BCUT2D eigenvalue weighted by Gasteiger charge is 2.22. The second-order valence-corrected chi connectivity index (χ2v) is 6.06. The summed E-state index contributed by atoms with van der Waals surface area (Å²) in [6.45, 7) is 0.480. The Morgan fingerprint density at radius 3 is 2.56 bits per heavy atom. The van der Waals surface area contributed by atoms with Gasteiger partial charge < -0.3 is 9.64 Å². The van der Waals surface area contributed by atoms with Crippen molar-refractivity contribution in [1.29, 1.82) is 0 Å². The van der Waals surface area contributed by atoms with Gasteiger partial charge >= 0.3 is 5.97 Å². The second kappa shape index (κ2) is 7.19. The number of hydrogen-bond donors (Lipinski definition) is 0. The standard InChI is InChI=1S/C18H14ClF2NO3/c19-14-8-16(21)15(20)7-13(14)18(24)25-10-17(23)22-6-5-11-3-1-2-4-12(11)9-22/h1-4,7-8H,5-6,9-10H2. The third-order valence-electron chi connectivity index (χ3n) is 4.04. The van der Waals surface area contributed by atoms with Crippen LogP contribution in [-0.4, -0.2) is 29.9 Å². The van der Waals surface area contributed by atoms with Crippen LogP contribution in [0.15, 0.2) is 36.4 Å². The Morgan fingerprint density at radius 1 is 1.12 bits per heavy atom. The molecule has 0 spiro atoms. The highest BCUT2D eigenvalue weighted by molar-refractivity contribution is 6.33. The smallest absolute Gasteiger partial charge is 0.340 e. The maximum Gasteiger partial charge on any atom is 0.340 e. The molecule has 1 amide bonds. The Balaban J connectivity index is 1.61. The zero-order valence-electron chi connectivity index (χ0n) is 13.1. The molecule has 4 nitrogen and oxygen atoms in total. The Bertz CT molecular complexity index is 841. The lowest BCUT2D eigenvalue weighted by atomic mass is 10.00. The molecule has 0 saturated carbocycles. The molecule has 1 aliphatic rings. The van der Waals surface area contributed by atoms with Crippen LogP contribution in [0.4, 0.5) is 8.78 Å². The highest BCUT2D eigenvalue weighted by atomic mass is 35.5. The van der Waals surface area contributed by atoms with E-state index in [-0.39, 0.29) is 16.5 Å². The average molecular weight is 366 g/mol. The van der Waals surface area contributed by atoms with E-state index in [2.05, 4.69) is 0 Å². The predicted octanol–water partition coefficient (Wildman–Crippen LogP) is 3.36. The van der Waals surface area contributed by atoms with Crippen molar-refractivity contribution >= 4 is 23.5 Å². The molecule has 25 heavy (non-hydrogen) atoms. The number of carbonyl (C=O) groups excluding carboxylic acids is 2. The van der Waals surface area contributed by atoms with Gasteiger partial charge in [0.1, 0.15) is 0 Å². The van der Waals surface area contributed by atoms with Crippen molar-refractivity contribution in [3.8, 4) is 0 Å². The van der Waals surface area contributed by atoms with Crippen molar-refractivity contribution in [3.05, 3.63) is 69.7 Å². The van der Waals surface area contributed by atoms with Gasteiger partial charge in [0.2, 0.25) is 0 Å². The van der Waals surface area contributed by atoms with Gasteiger partial charge in [0.05, 0.1) is 10.6 Å². The number of halogens is 3. The molecule has 0 aromatic heterocycles. The van der Waals surface area contributed by atoms with Crippen LogP contribution in [0.2, 0.25) is 5.02 Å². The summed E-state index contributed by atoms with van der Waals surface area (Å²) < 4.78 is 31.2. The van der Waals surface area contributed by atoms with Crippen LogP contribution in [0.5, 0.6) is 0 Å². The first-order chi connectivity index (χ1) is 12.0. The van der Waals surface area contributed by atoms with E-state index in [9.17, 15) is 18.4 Å². The minimum atomic E-state index is -1.21. The fourth-order valence-corrected chi connectivity index (χ4v) is 2.91. The topological polar surface area (TPSA) is 46.6 Å². The number of nitrogens with zero attached hydrogens (tertiary/aromatic N) is 1. The van der Waals surface area contributed by atoms with Crippen molar-refractivity contribution in [2.45, 2.75) is 13.0 Å². The fraction of sp³-hybridized carbons (Fsp3) is 0.222. The van der Waals surface area contributed by atoms with Crippen LogP contribution < -0.4 is 0 Å². The Hall–Kier alpha value is -2.47. The van der Waals surface area contributed by atoms with Crippen LogP contribution in [0.25, 0.3) is 0 Å². The number of carbonyl (C=O) groups is 2. The predicted molar refractivity (Wildman–Crippen MR) is 87.2 cm³/mol. The van der Waals surface area contributed by atoms with E-state index in [1.807, 2.05) is 24.3 Å². The third-order valence-corrected chi connectivity index (χ3v) is 4.35. The Morgan fingerprint density at radius 2 is 1.80 bits per heavy atom. The summed E-state index contributed by atoms with van der Waals surface area (Å²) in [5.41, 5.74) is 1.92. The van der Waals surface area contributed by atoms with E-state index in [4.69, 9.17) is 16.3 Å². The molecule has 1 aliphatic heterocycles. The Labute approximate surface area is 148 Å². The number of amides is 1. The molecule has 0 radical (unpaired) electrons. The highest BCUT2D eigenvalue weighted by Crippen LogP contribution is 2.21. The summed E-state index contributed by atoms with van der Waals surface area (Å²) in [6.07, 6.45) is 0.727. The minimum Gasteiger partial charge on any atom is -0.452 e. The third kappa shape index (κ3) is 3.79. The molecule has 1 heterocycles. The van der Waals surface area contributed by atoms with Gasteiger partial charge in [-0.1, -0.05) is 35.9 Å². The average Bonchev–Trinajstić information content (AvgIpc) is 2.62. The quantitative estimate of drug-likeness (QED) is 0.619. The van der Waals surface area contributed by atoms with Gasteiger partial charge in [0.15, 0.2) is 18.2 Å². The molecule has 2 aromatic carbocycles. The first-order valence-electron chi connectivity index (χ1n) is 7.62. The van der Waals surface area contributed by atoms with Crippen LogP contribution in [0, 0.1) is 11.6 Å². The number of rotatable bonds is 3. The lowest BCUT2D eigenvalue weighted by Crippen LogP contribution is -2.38. The van der Waals surface area contributed by atoms with Crippen LogP contribution in [0.3, 0.4) is 0 Å². The number of fused-ring (bicyclic) bond motifs is 1. The number of hydrogen-bond acceptors (Lipinski definition) is 3. The van der Waals surface area contributed by atoms with Gasteiger partial charge in [-0.2, -0.15) is 0 Å². The SMILES string of the molecule is O=C(OCC(=O)N1CCc2ccccc2C1)c1cc(F)c(F)cc1Cl. The summed E-state index contributed by atoms with van der Waals surface area (Å²) in [5.74, 6) is -3.71. The summed E-state index contributed by atoms with van der Waals surface area (Å²) in [5, 5.41) is -0.275. The number of benzene rings is 2. The van der Waals surface area contributed by atoms with Gasteiger partial charge in [-0.05, 0) is 29.7 Å². The first kappa shape index (κ1) is 17.4. The zero-order chi connectivity index (χ0) is 18.0. The molecule has 2 aromatic rings. The van der Waals surface area contributed by atoms with Gasteiger partial charge in [-0.25, -0.2) is 13.6 Å². The summed E-state index contributed by atoms with van der Waals surface area (Å²) in [6, 6.07) is 9.16.